The molecule has 0 aromatic heterocycles. The van der Waals surface area contributed by atoms with Crippen LogP contribution >= 0.6 is 0 Å². The van der Waals surface area contributed by atoms with Crippen LogP contribution in [0, 0.1) is 0 Å². The van der Waals surface area contributed by atoms with E-state index in [1.165, 1.54) is 0 Å². The van der Waals surface area contributed by atoms with Crippen LogP contribution < -0.4 is 15.4 Å². The minimum Gasteiger partial charge on any atom is -0.410 e. The van der Waals surface area contributed by atoms with E-state index in [0.717, 1.165) is 12.8 Å². The molecule has 1 aromatic carbocycles. The molecule has 0 atom stereocenters. The second kappa shape index (κ2) is 12.3. The summed E-state index contributed by atoms with van der Waals surface area (Å²) in [6, 6.07) is 6.72. The lowest BCUT2D eigenvalue weighted by Gasteiger charge is -2.08. The number of hydrogen-bond donors (Lipinski definition) is 2. The molecule has 1 aromatic rings. The number of rotatable bonds is 11. The van der Waals surface area contributed by atoms with Crippen molar-refractivity contribution >= 4 is 17.7 Å². The molecule has 0 aliphatic rings. The monoisotopic (exact) mass is 338 g/mol. The van der Waals surface area contributed by atoms with Crippen LogP contribution in [0.15, 0.2) is 24.3 Å². The number of carbonyl (C=O) groups excluding carboxylic acids is 2. The number of amides is 2. The van der Waals surface area contributed by atoms with Gasteiger partial charge >= 0.3 is 6.09 Å². The van der Waals surface area contributed by atoms with Crippen LogP contribution in [0.2, 0.25) is 0 Å². The van der Waals surface area contributed by atoms with Crippen molar-refractivity contribution in [2.24, 2.45) is 0 Å². The second-order valence-corrected chi connectivity index (χ2v) is 4.97. The standard InChI is InChI=1S/C17H26N2O5/c1-3-18-17(21)24-15-9-7-8-14(12-15)19-16(20)10-5-6-11-23-13-22-4-2/h7-9,12H,3-6,10-11,13H2,1-2H3,(H,18,21)(H,19,20). The van der Waals surface area contributed by atoms with Gasteiger partial charge in [0, 0.05) is 37.9 Å². The predicted octanol–water partition coefficient (Wildman–Crippen LogP) is 2.91. The first-order valence-electron chi connectivity index (χ1n) is 8.16. The molecule has 0 saturated heterocycles. The highest BCUT2D eigenvalue weighted by molar-refractivity contribution is 5.90. The van der Waals surface area contributed by atoms with Crippen LogP contribution in [0.5, 0.6) is 5.75 Å². The molecule has 0 bridgehead atoms. The van der Waals surface area contributed by atoms with Gasteiger partial charge in [0.2, 0.25) is 5.91 Å². The van der Waals surface area contributed by atoms with Gasteiger partial charge < -0.3 is 24.8 Å². The maximum absolute atomic E-state index is 11.9. The van der Waals surface area contributed by atoms with Crippen molar-refractivity contribution in [3.05, 3.63) is 24.3 Å². The summed E-state index contributed by atoms with van der Waals surface area (Å²) in [6.07, 6.45) is 1.40. The van der Waals surface area contributed by atoms with Crippen molar-refractivity contribution in [2.45, 2.75) is 33.1 Å². The lowest BCUT2D eigenvalue weighted by molar-refractivity contribution is -0.116. The number of hydrogen-bond acceptors (Lipinski definition) is 5. The minimum atomic E-state index is -0.520. The van der Waals surface area contributed by atoms with Crippen molar-refractivity contribution in [2.75, 3.05) is 31.9 Å². The van der Waals surface area contributed by atoms with Crippen LogP contribution in [0.1, 0.15) is 33.1 Å². The van der Waals surface area contributed by atoms with Crippen molar-refractivity contribution in [3.8, 4) is 5.75 Å². The summed E-state index contributed by atoms with van der Waals surface area (Å²) in [4.78, 5) is 23.3. The van der Waals surface area contributed by atoms with E-state index in [0.29, 0.717) is 44.4 Å². The fourth-order valence-corrected chi connectivity index (χ4v) is 1.84. The van der Waals surface area contributed by atoms with Crippen molar-refractivity contribution in [3.63, 3.8) is 0 Å². The maximum Gasteiger partial charge on any atom is 0.412 e. The summed E-state index contributed by atoms with van der Waals surface area (Å²) in [5.41, 5.74) is 0.592. The van der Waals surface area contributed by atoms with Crippen LogP contribution in [-0.2, 0) is 14.3 Å². The van der Waals surface area contributed by atoms with Crippen LogP contribution in [0.3, 0.4) is 0 Å². The van der Waals surface area contributed by atoms with Gasteiger partial charge in [-0.05, 0) is 38.8 Å². The molecule has 7 heteroatoms. The Balaban J connectivity index is 2.27. The summed E-state index contributed by atoms with van der Waals surface area (Å²) in [6.45, 7) is 5.70. The van der Waals surface area contributed by atoms with Gasteiger partial charge in [0.25, 0.3) is 0 Å². The first-order chi connectivity index (χ1) is 11.7. The fourth-order valence-electron chi connectivity index (χ4n) is 1.84. The van der Waals surface area contributed by atoms with Crippen molar-refractivity contribution in [1.82, 2.24) is 5.32 Å². The molecule has 0 spiro atoms. The summed E-state index contributed by atoms with van der Waals surface area (Å²) in [7, 11) is 0. The molecule has 0 aliphatic carbocycles. The largest absolute Gasteiger partial charge is 0.412 e. The zero-order valence-electron chi connectivity index (χ0n) is 14.3. The third-order valence-corrected chi connectivity index (χ3v) is 2.96. The zero-order valence-corrected chi connectivity index (χ0v) is 14.3. The van der Waals surface area contributed by atoms with E-state index in [4.69, 9.17) is 14.2 Å². The van der Waals surface area contributed by atoms with E-state index < -0.39 is 6.09 Å². The third-order valence-electron chi connectivity index (χ3n) is 2.96. The highest BCUT2D eigenvalue weighted by atomic mass is 16.7. The second-order valence-electron chi connectivity index (χ2n) is 4.97. The number of carbonyl (C=O) groups is 2. The first kappa shape index (κ1) is 19.9. The van der Waals surface area contributed by atoms with Gasteiger partial charge in [-0.15, -0.1) is 0 Å². The Morgan fingerprint density at radius 3 is 2.71 bits per heavy atom. The molecule has 0 unspecified atom stereocenters. The summed E-state index contributed by atoms with van der Waals surface area (Å²) >= 11 is 0. The Morgan fingerprint density at radius 1 is 1.12 bits per heavy atom. The Labute approximate surface area is 142 Å². The number of unbranched alkanes of at least 4 members (excludes halogenated alkanes) is 1. The van der Waals surface area contributed by atoms with Gasteiger partial charge in [0.1, 0.15) is 12.5 Å². The smallest absolute Gasteiger partial charge is 0.410 e. The predicted molar refractivity (Wildman–Crippen MR) is 91.1 cm³/mol. The number of ether oxygens (including phenoxy) is 3. The Kier molecular flexibility index (Phi) is 10.2. The summed E-state index contributed by atoms with van der Waals surface area (Å²) < 4.78 is 15.4. The van der Waals surface area contributed by atoms with E-state index in [2.05, 4.69) is 10.6 Å². The highest BCUT2D eigenvalue weighted by Crippen LogP contribution is 2.17. The van der Waals surface area contributed by atoms with Crippen LogP contribution in [0.25, 0.3) is 0 Å². The van der Waals surface area contributed by atoms with E-state index in [1.54, 1.807) is 31.2 Å². The van der Waals surface area contributed by atoms with E-state index in [9.17, 15) is 9.59 Å². The van der Waals surface area contributed by atoms with Gasteiger partial charge in [-0.3, -0.25) is 4.79 Å². The maximum atomic E-state index is 11.9. The average molecular weight is 338 g/mol. The molecule has 24 heavy (non-hydrogen) atoms. The molecule has 2 amide bonds. The minimum absolute atomic E-state index is 0.0880. The highest BCUT2D eigenvalue weighted by Gasteiger charge is 2.06. The van der Waals surface area contributed by atoms with E-state index >= 15 is 0 Å². The topological polar surface area (TPSA) is 85.9 Å². The molecule has 7 nitrogen and oxygen atoms in total. The molecular formula is C17H26N2O5. The Morgan fingerprint density at radius 2 is 1.96 bits per heavy atom. The molecule has 1 rings (SSSR count). The molecule has 0 saturated carbocycles. The third kappa shape index (κ3) is 9.12. The Hall–Kier alpha value is -2.12. The van der Waals surface area contributed by atoms with Crippen LogP contribution in [0.4, 0.5) is 10.5 Å². The van der Waals surface area contributed by atoms with Gasteiger partial charge in [-0.1, -0.05) is 6.07 Å². The molecule has 0 fully saturated rings. The lowest BCUT2D eigenvalue weighted by Crippen LogP contribution is -2.26. The van der Waals surface area contributed by atoms with Gasteiger partial charge in [0.15, 0.2) is 0 Å². The molecule has 0 radical (unpaired) electrons. The zero-order chi connectivity index (χ0) is 17.6. The SMILES string of the molecule is CCNC(=O)Oc1cccc(NC(=O)CCCCOCOCC)c1. The summed E-state index contributed by atoms with van der Waals surface area (Å²) in [5.74, 6) is 0.290. The fraction of sp³-hybridized carbons (Fsp3) is 0.529. The van der Waals surface area contributed by atoms with Gasteiger partial charge in [0.05, 0.1) is 0 Å². The lowest BCUT2D eigenvalue weighted by atomic mass is 10.2. The van der Waals surface area contributed by atoms with E-state index in [1.807, 2.05) is 6.92 Å². The van der Waals surface area contributed by atoms with Crippen LogP contribution in [-0.4, -0.2) is 38.6 Å². The normalized spacial score (nSPS) is 10.2. The number of nitrogens with one attached hydrogen (secondary N) is 2. The quantitative estimate of drug-likeness (QED) is 0.478. The molecule has 0 heterocycles. The molecule has 2 N–H and O–H groups in total. The molecule has 134 valence electrons. The van der Waals surface area contributed by atoms with Crippen molar-refractivity contribution in [1.29, 1.82) is 0 Å². The van der Waals surface area contributed by atoms with Gasteiger partial charge in [-0.25, -0.2) is 4.79 Å². The number of benzene rings is 1. The average Bonchev–Trinajstić information content (AvgIpc) is 2.54. The molecule has 0 aliphatic heterocycles. The Bertz CT molecular complexity index is 508. The van der Waals surface area contributed by atoms with Gasteiger partial charge in [-0.2, -0.15) is 0 Å². The summed E-state index contributed by atoms with van der Waals surface area (Å²) in [5, 5.41) is 5.32. The van der Waals surface area contributed by atoms with E-state index in [-0.39, 0.29) is 5.91 Å². The molecular weight excluding hydrogens is 312 g/mol. The first-order valence-corrected chi connectivity index (χ1v) is 8.16. The van der Waals surface area contributed by atoms with Crippen molar-refractivity contribution < 1.29 is 23.8 Å². The number of anilines is 1.